The van der Waals surface area contributed by atoms with Gasteiger partial charge in [-0.2, -0.15) is 0 Å². The van der Waals surface area contributed by atoms with Gasteiger partial charge in [0.15, 0.2) is 0 Å². The summed E-state index contributed by atoms with van der Waals surface area (Å²) in [6.45, 7) is 5.99. The van der Waals surface area contributed by atoms with Crippen LogP contribution in [0.5, 0.6) is 0 Å². The third-order valence-corrected chi connectivity index (χ3v) is 5.79. The molecule has 0 spiro atoms. The molecule has 0 saturated carbocycles. The first-order chi connectivity index (χ1) is 15.4. The molecular formula is C27H27N3O2. The maximum Gasteiger partial charge on any atom is 0.258 e. The average Bonchev–Trinajstić information content (AvgIpc) is 2.78. The average molecular weight is 426 g/mol. The summed E-state index contributed by atoms with van der Waals surface area (Å²) in [6, 6.07) is 17.1. The second-order valence-corrected chi connectivity index (χ2v) is 8.24. The van der Waals surface area contributed by atoms with Crippen LogP contribution in [0.2, 0.25) is 0 Å². The molecule has 0 radical (unpaired) electrons. The van der Waals surface area contributed by atoms with Crippen molar-refractivity contribution >= 4 is 22.5 Å². The van der Waals surface area contributed by atoms with Gasteiger partial charge in [0.2, 0.25) is 0 Å². The van der Waals surface area contributed by atoms with E-state index in [1.54, 1.807) is 29.9 Å². The zero-order valence-electron chi connectivity index (χ0n) is 18.9. The molecule has 5 heteroatoms. The number of nitrogens with zero attached hydrogens (tertiary/aromatic N) is 2. The van der Waals surface area contributed by atoms with E-state index in [1.165, 1.54) is 5.56 Å². The molecule has 0 unspecified atom stereocenters. The number of hydrogen-bond donors (Lipinski definition) is 1. The summed E-state index contributed by atoms with van der Waals surface area (Å²) >= 11 is 0. The van der Waals surface area contributed by atoms with Crippen LogP contribution in [0.4, 0.5) is 5.69 Å². The smallest absolute Gasteiger partial charge is 0.258 e. The van der Waals surface area contributed by atoms with E-state index in [9.17, 15) is 9.59 Å². The van der Waals surface area contributed by atoms with E-state index in [-0.39, 0.29) is 11.5 Å². The number of rotatable bonds is 5. The summed E-state index contributed by atoms with van der Waals surface area (Å²) in [5, 5.41) is 3.84. The second-order valence-electron chi connectivity index (χ2n) is 8.24. The van der Waals surface area contributed by atoms with Crippen molar-refractivity contribution in [1.82, 2.24) is 9.55 Å². The number of amides is 1. The fourth-order valence-corrected chi connectivity index (χ4v) is 3.96. The molecule has 5 nitrogen and oxygen atoms in total. The van der Waals surface area contributed by atoms with Crippen LogP contribution >= 0.6 is 0 Å². The molecule has 4 rings (SSSR count). The van der Waals surface area contributed by atoms with Crippen LogP contribution in [0.15, 0.2) is 65.6 Å². The number of benzene rings is 2. The molecule has 0 aliphatic carbocycles. The lowest BCUT2D eigenvalue weighted by Gasteiger charge is -2.13. The van der Waals surface area contributed by atoms with Crippen LogP contribution in [-0.2, 0) is 13.5 Å². The lowest BCUT2D eigenvalue weighted by molar-refractivity contribution is 0.102. The Morgan fingerprint density at radius 2 is 1.75 bits per heavy atom. The van der Waals surface area contributed by atoms with E-state index in [1.807, 2.05) is 56.3 Å². The second kappa shape index (κ2) is 8.79. The van der Waals surface area contributed by atoms with Crippen LogP contribution in [0.25, 0.3) is 22.0 Å². The molecule has 0 atom stereocenters. The Bertz CT molecular complexity index is 1370. The van der Waals surface area contributed by atoms with Crippen LogP contribution in [-0.4, -0.2) is 15.5 Å². The minimum Gasteiger partial charge on any atom is -0.322 e. The summed E-state index contributed by atoms with van der Waals surface area (Å²) in [5.41, 5.74) is 6.34. The molecule has 4 aromatic rings. The number of pyridine rings is 2. The number of aryl methyl sites for hydroxylation is 4. The monoisotopic (exact) mass is 425 g/mol. The van der Waals surface area contributed by atoms with E-state index in [0.29, 0.717) is 11.1 Å². The molecule has 0 fully saturated rings. The third-order valence-electron chi connectivity index (χ3n) is 5.79. The van der Waals surface area contributed by atoms with Gasteiger partial charge < -0.3 is 9.88 Å². The number of aromatic nitrogens is 2. The highest BCUT2D eigenvalue weighted by Gasteiger charge is 2.15. The highest BCUT2D eigenvalue weighted by molar-refractivity contribution is 6.05. The lowest BCUT2D eigenvalue weighted by atomic mass is 9.97. The van der Waals surface area contributed by atoms with Gasteiger partial charge in [-0.3, -0.25) is 14.6 Å². The summed E-state index contributed by atoms with van der Waals surface area (Å²) in [6.07, 6.45) is 3.88. The van der Waals surface area contributed by atoms with Gasteiger partial charge in [-0.25, -0.2) is 0 Å². The predicted molar refractivity (Wildman–Crippen MR) is 130 cm³/mol. The standard InChI is InChI=1S/C27H27N3O2/c1-5-6-19-8-11-22(12-9-19)29-26(31)20-10-7-17(2)23(14-20)24-15-21-16-28-18(3)13-25(21)30(4)27(24)32/h7-16H,5-6H2,1-4H3,(H,29,31). The first-order valence-corrected chi connectivity index (χ1v) is 10.8. The van der Waals surface area contributed by atoms with E-state index in [0.717, 1.165) is 46.3 Å². The Hall–Kier alpha value is -3.73. The van der Waals surface area contributed by atoms with Gasteiger partial charge in [0.25, 0.3) is 11.5 Å². The van der Waals surface area contributed by atoms with Crippen molar-refractivity contribution < 1.29 is 4.79 Å². The van der Waals surface area contributed by atoms with Gasteiger partial charge >= 0.3 is 0 Å². The summed E-state index contributed by atoms with van der Waals surface area (Å²) in [7, 11) is 1.77. The lowest BCUT2D eigenvalue weighted by Crippen LogP contribution is -2.20. The summed E-state index contributed by atoms with van der Waals surface area (Å²) in [4.78, 5) is 30.4. The van der Waals surface area contributed by atoms with Gasteiger partial charge in [0.05, 0.1) is 5.52 Å². The van der Waals surface area contributed by atoms with Crippen molar-refractivity contribution in [2.24, 2.45) is 7.05 Å². The molecule has 0 aliphatic heterocycles. The SMILES string of the molecule is CCCc1ccc(NC(=O)c2ccc(C)c(-c3cc4cnc(C)cc4n(C)c3=O)c2)cc1. The van der Waals surface area contributed by atoms with Crippen molar-refractivity contribution in [3.05, 3.63) is 93.5 Å². The van der Waals surface area contributed by atoms with Gasteiger partial charge in [0.1, 0.15) is 0 Å². The van der Waals surface area contributed by atoms with Gasteiger partial charge in [-0.1, -0.05) is 31.5 Å². The number of hydrogen-bond acceptors (Lipinski definition) is 3. The first-order valence-electron chi connectivity index (χ1n) is 10.8. The zero-order chi connectivity index (χ0) is 22.8. The van der Waals surface area contributed by atoms with Crippen molar-refractivity contribution in [3.63, 3.8) is 0 Å². The number of carbonyl (C=O) groups is 1. The summed E-state index contributed by atoms with van der Waals surface area (Å²) < 4.78 is 1.64. The normalized spacial score (nSPS) is 11.0. The molecule has 0 bridgehead atoms. The minimum atomic E-state index is -0.204. The number of fused-ring (bicyclic) bond motifs is 1. The molecule has 32 heavy (non-hydrogen) atoms. The number of anilines is 1. The third kappa shape index (κ3) is 4.19. The van der Waals surface area contributed by atoms with Gasteiger partial charge in [-0.15, -0.1) is 0 Å². The minimum absolute atomic E-state index is 0.102. The van der Waals surface area contributed by atoms with Gasteiger partial charge in [-0.05, 0) is 73.4 Å². The summed E-state index contributed by atoms with van der Waals surface area (Å²) in [5.74, 6) is -0.204. The predicted octanol–water partition coefficient (Wildman–Crippen LogP) is 5.42. The van der Waals surface area contributed by atoms with Crippen molar-refractivity contribution in [3.8, 4) is 11.1 Å². The topological polar surface area (TPSA) is 64.0 Å². The maximum atomic E-state index is 13.1. The Labute approximate surface area is 187 Å². The molecule has 2 aromatic heterocycles. The van der Waals surface area contributed by atoms with Crippen LogP contribution in [0.1, 0.15) is 40.5 Å². The molecule has 0 saturated heterocycles. The molecular weight excluding hydrogens is 398 g/mol. The molecule has 1 N–H and O–H groups in total. The number of nitrogens with one attached hydrogen (secondary N) is 1. The van der Waals surface area contributed by atoms with E-state index in [2.05, 4.69) is 17.2 Å². The highest BCUT2D eigenvalue weighted by Crippen LogP contribution is 2.25. The maximum absolute atomic E-state index is 13.1. The van der Waals surface area contributed by atoms with Crippen LogP contribution in [0.3, 0.4) is 0 Å². The first kappa shape index (κ1) is 21.5. The van der Waals surface area contributed by atoms with E-state index in [4.69, 9.17) is 0 Å². The Morgan fingerprint density at radius 3 is 2.47 bits per heavy atom. The molecule has 2 aromatic carbocycles. The van der Waals surface area contributed by atoms with Crippen molar-refractivity contribution in [1.29, 1.82) is 0 Å². The molecule has 162 valence electrons. The van der Waals surface area contributed by atoms with Gasteiger partial charge in [0, 0.05) is 41.1 Å². The zero-order valence-corrected chi connectivity index (χ0v) is 18.9. The Morgan fingerprint density at radius 1 is 1.00 bits per heavy atom. The molecule has 1 amide bonds. The van der Waals surface area contributed by atoms with Crippen molar-refractivity contribution in [2.75, 3.05) is 5.32 Å². The van der Waals surface area contributed by atoms with Crippen LogP contribution in [0, 0.1) is 13.8 Å². The molecule has 0 aliphatic rings. The van der Waals surface area contributed by atoms with Crippen LogP contribution < -0.4 is 10.9 Å². The van der Waals surface area contributed by atoms with E-state index >= 15 is 0 Å². The number of carbonyl (C=O) groups excluding carboxylic acids is 1. The largest absolute Gasteiger partial charge is 0.322 e. The quantitative estimate of drug-likeness (QED) is 0.464. The fraction of sp³-hybridized carbons (Fsp3) is 0.222. The van der Waals surface area contributed by atoms with E-state index < -0.39 is 0 Å². The highest BCUT2D eigenvalue weighted by atomic mass is 16.1. The Balaban J connectivity index is 1.70. The fourth-order valence-electron chi connectivity index (χ4n) is 3.96. The Kier molecular flexibility index (Phi) is 5.91. The molecule has 2 heterocycles. The van der Waals surface area contributed by atoms with Crippen molar-refractivity contribution in [2.45, 2.75) is 33.6 Å².